The standard InChI is InChI=1S/C16H21FN4O.ClH/c1-2-3-4-13(9-18)20-16(22)14-10-19-21-15(14)11-5-7-12(17)8-6-11;/h5-8,10,13H,2-4,9,18H2,1H3,(H,19,21)(H,20,22);1H. The van der Waals surface area contributed by atoms with Crippen LogP contribution in [0.3, 0.4) is 0 Å². The van der Waals surface area contributed by atoms with E-state index in [4.69, 9.17) is 5.73 Å². The minimum Gasteiger partial charge on any atom is -0.348 e. The van der Waals surface area contributed by atoms with Crippen LogP contribution in [0.2, 0.25) is 0 Å². The van der Waals surface area contributed by atoms with E-state index in [2.05, 4.69) is 22.4 Å². The smallest absolute Gasteiger partial charge is 0.255 e. The van der Waals surface area contributed by atoms with Gasteiger partial charge in [-0.25, -0.2) is 4.39 Å². The number of hydrogen-bond donors (Lipinski definition) is 3. The lowest BCUT2D eigenvalue weighted by Gasteiger charge is -2.16. The Morgan fingerprint density at radius 2 is 2.09 bits per heavy atom. The van der Waals surface area contributed by atoms with Crippen molar-refractivity contribution in [2.45, 2.75) is 32.2 Å². The zero-order valence-corrected chi connectivity index (χ0v) is 13.8. The first-order valence-electron chi connectivity index (χ1n) is 7.46. The van der Waals surface area contributed by atoms with Crippen LogP contribution in [-0.2, 0) is 0 Å². The summed E-state index contributed by atoms with van der Waals surface area (Å²) in [6.07, 6.45) is 4.39. The molecule has 2 aromatic rings. The topological polar surface area (TPSA) is 83.8 Å². The van der Waals surface area contributed by atoms with Crippen LogP contribution in [0, 0.1) is 5.82 Å². The SMILES string of the molecule is CCCCC(CN)NC(=O)c1cn[nH]c1-c1ccc(F)cc1.Cl. The molecule has 1 amide bonds. The molecule has 126 valence electrons. The lowest BCUT2D eigenvalue weighted by atomic mass is 10.1. The van der Waals surface area contributed by atoms with Crippen molar-refractivity contribution in [1.29, 1.82) is 0 Å². The molecular weight excluding hydrogens is 319 g/mol. The predicted molar refractivity (Wildman–Crippen MR) is 91.1 cm³/mol. The van der Waals surface area contributed by atoms with Gasteiger partial charge >= 0.3 is 0 Å². The number of nitrogens with one attached hydrogen (secondary N) is 2. The zero-order chi connectivity index (χ0) is 15.9. The fourth-order valence-corrected chi connectivity index (χ4v) is 2.26. The Kier molecular flexibility index (Phi) is 7.71. The van der Waals surface area contributed by atoms with Crippen molar-refractivity contribution in [2.24, 2.45) is 5.73 Å². The van der Waals surface area contributed by atoms with Crippen molar-refractivity contribution in [3.63, 3.8) is 0 Å². The van der Waals surface area contributed by atoms with Gasteiger partial charge in [0.1, 0.15) is 5.82 Å². The van der Waals surface area contributed by atoms with Crippen molar-refractivity contribution >= 4 is 18.3 Å². The molecule has 0 saturated heterocycles. The van der Waals surface area contributed by atoms with Gasteiger partial charge in [-0.15, -0.1) is 12.4 Å². The van der Waals surface area contributed by atoms with Crippen molar-refractivity contribution < 1.29 is 9.18 Å². The summed E-state index contributed by atoms with van der Waals surface area (Å²) in [5.74, 6) is -0.545. The first-order valence-corrected chi connectivity index (χ1v) is 7.46. The molecule has 0 bridgehead atoms. The molecule has 1 atom stereocenters. The number of amides is 1. The van der Waals surface area contributed by atoms with Crippen LogP contribution < -0.4 is 11.1 Å². The molecule has 5 nitrogen and oxygen atoms in total. The van der Waals surface area contributed by atoms with Crippen LogP contribution in [0.5, 0.6) is 0 Å². The van der Waals surface area contributed by atoms with Gasteiger partial charge in [0.05, 0.1) is 17.5 Å². The summed E-state index contributed by atoms with van der Waals surface area (Å²) in [6, 6.07) is 5.86. The third kappa shape index (κ3) is 5.04. The number of aromatic amines is 1. The van der Waals surface area contributed by atoms with Gasteiger partial charge in [0.2, 0.25) is 0 Å². The van der Waals surface area contributed by atoms with Gasteiger partial charge in [-0.3, -0.25) is 9.89 Å². The number of hydrogen-bond acceptors (Lipinski definition) is 3. The van der Waals surface area contributed by atoms with Crippen LogP contribution in [0.1, 0.15) is 36.5 Å². The number of unbranched alkanes of at least 4 members (excludes halogenated alkanes) is 1. The van der Waals surface area contributed by atoms with Crippen molar-refractivity contribution in [3.8, 4) is 11.3 Å². The van der Waals surface area contributed by atoms with Crippen LogP contribution in [0.25, 0.3) is 11.3 Å². The Labute approximate surface area is 141 Å². The fourth-order valence-electron chi connectivity index (χ4n) is 2.26. The Bertz CT molecular complexity index is 615. The summed E-state index contributed by atoms with van der Waals surface area (Å²) >= 11 is 0. The molecule has 0 saturated carbocycles. The molecule has 0 spiro atoms. The molecule has 0 fully saturated rings. The maximum atomic E-state index is 13.0. The molecule has 1 heterocycles. The third-order valence-corrected chi connectivity index (χ3v) is 3.54. The lowest BCUT2D eigenvalue weighted by Crippen LogP contribution is -2.40. The number of nitrogens with zero attached hydrogens (tertiary/aromatic N) is 1. The Hall–Kier alpha value is -1.92. The quantitative estimate of drug-likeness (QED) is 0.724. The highest BCUT2D eigenvalue weighted by atomic mass is 35.5. The predicted octanol–water partition coefficient (Wildman–Crippen LogP) is 2.88. The number of H-pyrrole nitrogens is 1. The van der Waals surface area contributed by atoms with Crippen molar-refractivity contribution in [3.05, 3.63) is 41.8 Å². The first kappa shape index (κ1) is 19.1. The summed E-state index contributed by atoms with van der Waals surface area (Å²) in [7, 11) is 0. The molecule has 1 aromatic carbocycles. The van der Waals surface area contributed by atoms with Crippen molar-refractivity contribution in [2.75, 3.05) is 6.54 Å². The third-order valence-electron chi connectivity index (χ3n) is 3.54. The van der Waals surface area contributed by atoms with Gasteiger partial charge in [0.15, 0.2) is 0 Å². The summed E-state index contributed by atoms with van der Waals surface area (Å²) in [4.78, 5) is 12.4. The second-order valence-corrected chi connectivity index (χ2v) is 5.21. The van der Waals surface area contributed by atoms with E-state index in [0.717, 1.165) is 19.3 Å². The Morgan fingerprint density at radius 3 is 2.70 bits per heavy atom. The summed E-state index contributed by atoms with van der Waals surface area (Å²) in [6.45, 7) is 2.49. The molecule has 2 rings (SSSR count). The van der Waals surface area contributed by atoms with E-state index in [9.17, 15) is 9.18 Å². The Morgan fingerprint density at radius 1 is 1.39 bits per heavy atom. The molecular formula is C16H22ClFN4O. The average molecular weight is 341 g/mol. The minimum absolute atomic E-state index is 0. The minimum atomic E-state index is -0.322. The number of benzene rings is 1. The summed E-state index contributed by atoms with van der Waals surface area (Å²) in [5, 5.41) is 9.65. The molecule has 0 aliphatic rings. The van der Waals surface area contributed by atoms with Crippen LogP contribution >= 0.6 is 12.4 Å². The maximum absolute atomic E-state index is 13.0. The highest BCUT2D eigenvalue weighted by Gasteiger charge is 2.18. The summed E-state index contributed by atoms with van der Waals surface area (Å²) < 4.78 is 13.0. The van der Waals surface area contributed by atoms with Gasteiger partial charge in [0.25, 0.3) is 5.91 Å². The lowest BCUT2D eigenvalue weighted by molar-refractivity contribution is 0.0936. The van der Waals surface area contributed by atoms with E-state index in [1.54, 1.807) is 12.1 Å². The zero-order valence-electron chi connectivity index (χ0n) is 13.0. The highest BCUT2D eigenvalue weighted by molar-refractivity contribution is 5.99. The molecule has 0 aliphatic heterocycles. The molecule has 4 N–H and O–H groups in total. The normalized spacial score (nSPS) is 11.6. The van der Waals surface area contributed by atoms with E-state index < -0.39 is 0 Å². The van der Waals surface area contributed by atoms with E-state index in [1.165, 1.54) is 18.3 Å². The largest absolute Gasteiger partial charge is 0.348 e. The van der Waals surface area contributed by atoms with Crippen molar-refractivity contribution in [1.82, 2.24) is 15.5 Å². The van der Waals surface area contributed by atoms with E-state index in [0.29, 0.717) is 23.4 Å². The summed E-state index contributed by atoms with van der Waals surface area (Å²) in [5.41, 5.74) is 7.42. The van der Waals surface area contributed by atoms with Gasteiger partial charge < -0.3 is 11.1 Å². The van der Waals surface area contributed by atoms with E-state index >= 15 is 0 Å². The monoisotopic (exact) mass is 340 g/mol. The molecule has 23 heavy (non-hydrogen) atoms. The van der Waals surface area contributed by atoms with Gasteiger partial charge in [0, 0.05) is 18.2 Å². The maximum Gasteiger partial charge on any atom is 0.255 e. The molecule has 1 unspecified atom stereocenters. The Balaban J connectivity index is 0.00000264. The number of halogens is 2. The molecule has 7 heteroatoms. The molecule has 0 aliphatic carbocycles. The highest BCUT2D eigenvalue weighted by Crippen LogP contribution is 2.21. The number of aromatic nitrogens is 2. The molecule has 1 aromatic heterocycles. The number of nitrogens with two attached hydrogens (primary N) is 1. The van der Waals surface area contributed by atoms with E-state index in [1.807, 2.05) is 0 Å². The number of carbonyl (C=O) groups excluding carboxylic acids is 1. The van der Waals surface area contributed by atoms with Crippen LogP contribution in [-0.4, -0.2) is 28.7 Å². The van der Waals surface area contributed by atoms with Crippen LogP contribution in [0.4, 0.5) is 4.39 Å². The second-order valence-electron chi connectivity index (χ2n) is 5.21. The first-order chi connectivity index (χ1) is 10.7. The second kappa shape index (κ2) is 9.27. The van der Waals surface area contributed by atoms with Gasteiger partial charge in [-0.2, -0.15) is 5.10 Å². The molecule has 0 radical (unpaired) electrons. The number of carbonyl (C=O) groups is 1. The van der Waals surface area contributed by atoms with Gasteiger partial charge in [-0.1, -0.05) is 19.8 Å². The fraction of sp³-hybridized carbons (Fsp3) is 0.375. The van der Waals surface area contributed by atoms with E-state index in [-0.39, 0.29) is 30.2 Å². The van der Waals surface area contributed by atoms with Gasteiger partial charge in [-0.05, 0) is 30.7 Å². The number of rotatable bonds is 7. The average Bonchev–Trinajstić information content (AvgIpc) is 3.01. The van der Waals surface area contributed by atoms with Crippen LogP contribution in [0.15, 0.2) is 30.5 Å².